The van der Waals surface area contributed by atoms with Crippen LogP contribution in [0.4, 0.5) is 0 Å². The highest BCUT2D eigenvalue weighted by atomic mass is 16.7. The number of rotatable bonds is 1. The van der Waals surface area contributed by atoms with Crippen LogP contribution in [0.2, 0.25) is 0 Å². The Hall–Kier alpha value is -1.64. The molecule has 0 fully saturated rings. The molecule has 0 saturated carbocycles. The third kappa shape index (κ3) is 2.42. The number of hydrogen-bond donors (Lipinski definition) is 0. The van der Waals surface area contributed by atoms with E-state index < -0.39 is 0 Å². The van der Waals surface area contributed by atoms with E-state index in [1.54, 1.807) is 0 Å². The van der Waals surface area contributed by atoms with Gasteiger partial charge in [-0.05, 0) is 5.56 Å². The average Bonchev–Trinajstić information content (AvgIpc) is 2.69. The average molecular weight is 191 g/mol. The van der Waals surface area contributed by atoms with Gasteiger partial charge in [0.1, 0.15) is 0 Å². The Balaban J connectivity index is 0.000000461. The summed E-state index contributed by atoms with van der Waals surface area (Å²) in [6.45, 7) is 4.00. The van der Waals surface area contributed by atoms with E-state index >= 15 is 0 Å². The van der Waals surface area contributed by atoms with Gasteiger partial charge in [0, 0.05) is 0 Å². The van der Waals surface area contributed by atoms with E-state index in [4.69, 9.17) is 0 Å². The molecule has 0 saturated heterocycles. The number of oxime groups is 1. The first kappa shape index (κ1) is 10.4. The maximum Gasteiger partial charge on any atom is 0.341 e. The van der Waals surface area contributed by atoms with Gasteiger partial charge in [-0.25, -0.2) is 4.79 Å². The van der Waals surface area contributed by atoms with Crippen LogP contribution in [0.15, 0.2) is 35.5 Å². The normalized spacial score (nSPS) is 13.9. The Morgan fingerprint density at radius 2 is 1.86 bits per heavy atom. The predicted molar refractivity (Wildman–Crippen MR) is 55.0 cm³/mol. The summed E-state index contributed by atoms with van der Waals surface area (Å²) in [6.07, 6.45) is 0.282. The number of hydrogen-bond acceptors (Lipinski definition) is 3. The number of carbonyl (C=O) groups excluding carboxylic acids is 1. The van der Waals surface area contributed by atoms with Gasteiger partial charge in [0.2, 0.25) is 0 Å². The first-order chi connectivity index (χ1) is 6.86. The van der Waals surface area contributed by atoms with Gasteiger partial charge in [-0.2, -0.15) is 0 Å². The Bertz CT molecular complexity index is 330. The first-order valence-electron chi connectivity index (χ1n) is 4.68. The Morgan fingerprint density at radius 3 is 2.36 bits per heavy atom. The fraction of sp³-hybridized carbons (Fsp3) is 0.273. The standard InChI is InChI=1S/C9H7NO2.C2H6/c11-9-6-8(10-12-9)7-4-2-1-3-5-7;1-2/h1-5H,6H2;1-2H3. The molecule has 0 unspecified atom stereocenters. The van der Waals surface area contributed by atoms with Gasteiger partial charge in [-0.3, -0.25) is 0 Å². The van der Waals surface area contributed by atoms with Crippen molar-refractivity contribution in [1.82, 2.24) is 0 Å². The maximum atomic E-state index is 10.7. The molecule has 0 atom stereocenters. The molecule has 0 aliphatic carbocycles. The summed E-state index contributed by atoms with van der Waals surface area (Å²) in [4.78, 5) is 15.2. The van der Waals surface area contributed by atoms with Crippen LogP contribution in [0.3, 0.4) is 0 Å². The summed E-state index contributed by atoms with van der Waals surface area (Å²) < 4.78 is 0. The summed E-state index contributed by atoms with van der Waals surface area (Å²) in [5, 5.41) is 3.65. The van der Waals surface area contributed by atoms with Crippen LogP contribution in [-0.4, -0.2) is 11.7 Å². The second-order valence-corrected chi connectivity index (χ2v) is 2.54. The van der Waals surface area contributed by atoms with Gasteiger partial charge in [0.15, 0.2) is 0 Å². The molecular weight excluding hydrogens is 178 g/mol. The van der Waals surface area contributed by atoms with E-state index in [1.807, 2.05) is 44.2 Å². The van der Waals surface area contributed by atoms with E-state index in [0.29, 0.717) is 5.71 Å². The van der Waals surface area contributed by atoms with Crippen LogP contribution in [0.1, 0.15) is 25.8 Å². The lowest BCUT2D eigenvalue weighted by atomic mass is 10.1. The highest BCUT2D eigenvalue weighted by Crippen LogP contribution is 2.10. The van der Waals surface area contributed by atoms with Crippen LogP contribution in [-0.2, 0) is 9.63 Å². The number of carbonyl (C=O) groups is 1. The molecule has 74 valence electrons. The third-order valence-corrected chi connectivity index (χ3v) is 1.68. The second kappa shape index (κ2) is 5.17. The van der Waals surface area contributed by atoms with Crippen LogP contribution in [0, 0.1) is 0 Å². The van der Waals surface area contributed by atoms with Crippen molar-refractivity contribution < 1.29 is 9.63 Å². The van der Waals surface area contributed by atoms with Crippen LogP contribution in [0.25, 0.3) is 0 Å². The molecular formula is C11H13NO2. The first-order valence-corrected chi connectivity index (χ1v) is 4.68. The minimum Gasteiger partial charge on any atom is -0.318 e. The largest absolute Gasteiger partial charge is 0.341 e. The molecule has 3 nitrogen and oxygen atoms in total. The fourth-order valence-corrected chi connectivity index (χ4v) is 1.09. The van der Waals surface area contributed by atoms with Gasteiger partial charge >= 0.3 is 5.97 Å². The molecule has 0 radical (unpaired) electrons. The molecule has 0 N–H and O–H groups in total. The molecule has 1 heterocycles. The van der Waals surface area contributed by atoms with Crippen molar-refractivity contribution in [1.29, 1.82) is 0 Å². The lowest BCUT2D eigenvalue weighted by Crippen LogP contribution is -1.99. The molecule has 1 aliphatic heterocycles. The summed E-state index contributed by atoms with van der Waals surface area (Å²) in [5.74, 6) is -0.283. The topological polar surface area (TPSA) is 38.7 Å². The molecule has 3 heteroatoms. The van der Waals surface area contributed by atoms with E-state index in [2.05, 4.69) is 9.99 Å². The van der Waals surface area contributed by atoms with Crippen LogP contribution in [0.5, 0.6) is 0 Å². The molecule has 1 aliphatic rings. The minimum absolute atomic E-state index is 0.282. The predicted octanol–water partition coefficient (Wildman–Crippen LogP) is 2.36. The maximum absolute atomic E-state index is 10.7. The van der Waals surface area contributed by atoms with E-state index in [0.717, 1.165) is 5.56 Å². The van der Waals surface area contributed by atoms with Crippen molar-refractivity contribution >= 4 is 11.7 Å². The summed E-state index contributed by atoms with van der Waals surface area (Å²) >= 11 is 0. The lowest BCUT2D eigenvalue weighted by Gasteiger charge is -1.93. The highest BCUT2D eigenvalue weighted by Gasteiger charge is 2.18. The Kier molecular flexibility index (Phi) is 3.85. The molecule has 14 heavy (non-hydrogen) atoms. The smallest absolute Gasteiger partial charge is 0.318 e. The van der Waals surface area contributed by atoms with Crippen molar-refractivity contribution in [3.63, 3.8) is 0 Å². The second-order valence-electron chi connectivity index (χ2n) is 2.54. The molecule has 0 spiro atoms. The molecule has 2 rings (SSSR count). The number of nitrogens with zero attached hydrogens (tertiary/aromatic N) is 1. The van der Waals surface area contributed by atoms with Crippen LogP contribution >= 0.6 is 0 Å². The van der Waals surface area contributed by atoms with E-state index in [-0.39, 0.29) is 12.4 Å². The summed E-state index contributed by atoms with van der Waals surface area (Å²) in [5.41, 5.74) is 1.66. The zero-order valence-electron chi connectivity index (χ0n) is 8.36. The van der Waals surface area contributed by atoms with E-state index in [9.17, 15) is 4.79 Å². The Labute approximate surface area is 83.4 Å². The van der Waals surface area contributed by atoms with Crippen LogP contribution < -0.4 is 0 Å². The molecule has 0 amide bonds. The fourth-order valence-electron chi connectivity index (χ4n) is 1.09. The molecule has 1 aromatic rings. The lowest BCUT2D eigenvalue weighted by molar-refractivity contribution is -0.140. The zero-order chi connectivity index (χ0) is 10.4. The van der Waals surface area contributed by atoms with Crippen molar-refractivity contribution in [2.75, 3.05) is 0 Å². The van der Waals surface area contributed by atoms with E-state index in [1.165, 1.54) is 0 Å². The van der Waals surface area contributed by atoms with Crippen molar-refractivity contribution in [2.24, 2.45) is 5.16 Å². The number of benzene rings is 1. The van der Waals surface area contributed by atoms with Crippen molar-refractivity contribution in [3.8, 4) is 0 Å². The molecule has 1 aromatic carbocycles. The van der Waals surface area contributed by atoms with Gasteiger partial charge in [0.25, 0.3) is 0 Å². The van der Waals surface area contributed by atoms with Crippen molar-refractivity contribution in [3.05, 3.63) is 35.9 Å². The van der Waals surface area contributed by atoms with Gasteiger partial charge in [-0.15, -0.1) is 0 Å². The monoisotopic (exact) mass is 191 g/mol. The van der Waals surface area contributed by atoms with Gasteiger partial charge in [-0.1, -0.05) is 49.3 Å². The Morgan fingerprint density at radius 1 is 1.21 bits per heavy atom. The molecule has 0 aromatic heterocycles. The third-order valence-electron chi connectivity index (χ3n) is 1.68. The van der Waals surface area contributed by atoms with Gasteiger partial charge < -0.3 is 4.84 Å². The SMILES string of the molecule is CC.O=C1CC(c2ccccc2)=NO1. The highest BCUT2D eigenvalue weighted by molar-refractivity contribution is 6.11. The zero-order valence-corrected chi connectivity index (χ0v) is 8.36. The summed E-state index contributed by atoms with van der Waals surface area (Å²) in [7, 11) is 0. The quantitative estimate of drug-likeness (QED) is 0.639. The van der Waals surface area contributed by atoms with Crippen molar-refractivity contribution in [2.45, 2.75) is 20.3 Å². The molecule has 0 bridgehead atoms. The van der Waals surface area contributed by atoms with Gasteiger partial charge in [0.05, 0.1) is 12.1 Å². The minimum atomic E-state index is -0.283. The summed E-state index contributed by atoms with van der Waals surface area (Å²) in [6, 6.07) is 9.53.